The van der Waals surface area contributed by atoms with Crippen molar-refractivity contribution in [2.75, 3.05) is 4.72 Å². The van der Waals surface area contributed by atoms with Crippen molar-refractivity contribution in [1.82, 2.24) is 14.8 Å². The van der Waals surface area contributed by atoms with Crippen molar-refractivity contribution in [1.29, 1.82) is 0 Å². The third-order valence-electron chi connectivity index (χ3n) is 2.97. The number of nitrogens with zero attached hydrogens (tertiary/aromatic N) is 3. The number of nitrogens with one attached hydrogen (secondary N) is 1. The molecule has 2 aromatic rings. The van der Waals surface area contributed by atoms with E-state index in [1.165, 1.54) is 23.0 Å². The van der Waals surface area contributed by atoms with Crippen LogP contribution in [0.1, 0.15) is 21.9 Å². The average molecular weight is 310 g/mol. The van der Waals surface area contributed by atoms with Crippen molar-refractivity contribution >= 4 is 21.7 Å². The number of aryl methyl sites for hydroxylation is 2. The Morgan fingerprint density at radius 1 is 1.38 bits per heavy atom. The van der Waals surface area contributed by atoms with Gasteiger partial charge in [-0.25, -0.2) is 18.2 Å². The summed E-state index contributed by atoms with van der Waals surface area (Å²) in [5, 5.41) is 13.1. The van der Waals surface area contributed by atoms with Gasteiger partial charge in [-0.05, 0) is 26.0 Å². The lowest BCUT2D eigenvalue weighted by Crippen LogP contribution is -2.17. The van der Waals surface area contributed by atoms with E-state index in [9.17, 15) is 13.2 Å². The molecule has 0 radical (unpaired) electrons. The highest BCUT2D eigenvalue weighted by atomic mass is 32.2. The molecule has 2 aromatic heterocycles. The molecule has 0 saturated heterocycles. The molecule has 8 nitrogen and oxygen atoms in total. The number of carboxylic acid groups (broad SMARTS) is 1. The number of pyridine rings is 1. The topological polar surface area (TPSA) is 114 Å². The van der Waals surface area contributed by atoms with Crippen LogP contribution < -0.4 is 4.72 Å². The van der Waals surface area contributed by atoms with Crippen LogP contribution in [0.15, 0.2) is 23.2 Å². The lowest BCUT2D eigenvalue weighted by molar-refractivity contribution is 0.0692. The summed E-state index contributed by atoms with van der Waals surface area (Å²) in [5.74, 6) is -1.31. The summed E-state index contributed by atoms with van der Waals surface area (Å²) in [6.07, 6.45) is 1.28. The van der Waals surface area contributed by atoms with Gasteiger partial charge >= 0.3 is 5.97 Å². The number of sulfonamides is 1. The molecule has 112 valence electrons. The predicted octanol–water partition coefficient (Wildman–Crippen LogP) is 0.931. The number of hydrogen-bond acceptors (Lipinski definition) is 5. The molecule has 0 aliphatic rings. The van der Waals surface area contributed by atoms with Crippen LogP contribution in [0.25, 0.3) is 0 Å². The first-order valence-corrected chi connectivity index (χ1v) is 7.43. The molecule has 0 atom stereocenters. The molecule has 0 unspecified atom stereocenters. The summed E-state index contributed by atoms with van der Waals surface area (Å²) >= 11 is 0. The number of aromatic nitrogens is 3. The summed E-state index contributed by atoms with van der Waals surface area (Å²) in [4.78, 5) is 14.8. The molecule has 2 N–H and O–H groups in total. The van der Waals surface area contributed by atoms with Crippen molar-refractivity contribution in [2.45, 2.75) is 18.7 Å². The van der Waals surface area contributed by atoms with Crippen LogP contribution in [0.4, 0.5) is 5.69 Å². The fraction of sp³-hybridized carbons (Fsp3) is 0.250. The van der Waals surface area contributed by atoms with Crippen LogP contribution in [-0.2, 0) is 17.1 Å². The maximum absolute atomic E-state index is 12.4. The van der Waals surface area contributed by atoms with E-state index in [4.69, 9.17) is 5.11 Å². The zero-order valence-corrected chi connectivity index (χ0v) is 12.5. The highest BCUT2D eigenvalue weighted by molar-refractivity contribution is 7.92. The van der Waals surface area contributed by atoms with Gasteiger partial charge in [0.1, 0.15) is 4.90 Å². The normalized spacial score (nSPS) is 11.4. The van der Waals surface area contributed by atoms with E-state index in [0.717, 1.165) is 0 Å². The van der Waals surface area contributed by atoms with E-state index >= 15 is 0 Å². The van der Waals surface area contributed by atoms with Crippen molar-refractivity contribution < 1.29 is 18.3 Å². The van der Waals surface area contributed by atoms with Crippen molar-refractivity contribution in [3.63, 3.8) is 0 Å². The van der Waals surface area contributed by atoms with E-state index in [2.05, 4.69) is 14.8 Å². The van der Waals surface area contributed by atoms with E-state index in [0.29, 0.717) is 11.4 Å². The van der Waals surface area contributed by atoms with E-state index in [1.54, 1.807) is 20.9 Å². The molecule has 9 heteroatoms. The molecule has 2 rings (SSSR count). The first-order valence-electron chi connectivity index (χ1n) is 5.95. The van der Waals surface area contributed by atoms with Crippen molar-refractivity contribution in [3.05, 3.63) is 35.4 Å². The SMILES string of the molecule is Cc1nn(C)c(C)c1S(=O)(=O)Nc1cccnc1C(=O)O. The Morgan fingerprint density at radius 2 is 2.05 bits per heavy atom. The molecular formula is C12H14N4O4S. The minimum atomic E-state index is -3.95. The quantitative estimate of drug-likeness (QED) is 0.868. The smallest absolute Gasteiger partial charge is 0.356 e. The van der Waals surface area contributed by atoms with Crippen LogP contribution in [-0.4, -0.2) is 34.3 Å². The van der Waals surface area contributed by atoms with Crippen LogP contribution in [0, 0.1) is 13.8 Å². The number of aromatic carboxylic acids is 1. The van der Waals surface area contributed by atoms with Gasteiger partial charge in [0.2, 0.25) is 0 Å². The van der Waals surface area contributed by atoms with Gasteiger partial charge in [-0.3, -0.25) is 9.40 Å². The van der Waals surface area contributed by atoms with Gasteiger partial charge < -0.3 is 5.11 Å². The highest BCUT2D eigenvalue weighted by Gasteiger charge is 2.25. The van der Waals surface area contributed by atoms with Crippen LogP contribution in [0.3, 0.4) is 0 Å². The second kappa shape index (κ2) is 5.17. The largest absolute Gasteiger partial charge is 0.476 e. The van der Waals surface area contributed by atoms with Crippen LogP contribution in [0.2, 0.25) is 0 Å². The van der Waals surface area contributed by atoms with Crippen molar-refractivity contribution in [2.24, 2.45) is 7.05 Å². The molecule has 0 fully saturated rings. The van der Waals surface area contributed by atoms with Gasteiger partial charge in [-0.1, -0.05) is 0 Å². The number of carboxylic acids is 1. The third kappa shape index (κ3) is 2.72. The first kappa shape index (κ1) is 15.0. The summed E-state index contributed by atoms with van der Waals surface area (Å²) < 4.78 is 28.6. The standard InChI is InChI=1S/C12H14N4O4S/c1-7-11(8(2)16(3)14-7)21(19,20)15-9-5-4-6-13-10(9)12(17)18/h4-6,15H,1-3H3,(H,17,18). The predicted molar refractivity (Wildman–Crippen MR) is 74.7 cm³/mol. The molecule has 0 aliphatic heterocycles. The van der Waals surface area contributed by atoms with Gasteiger partial charge in [-0.2, -0.15) is 5.10 Å². The number of carbonyl (C=O) groups is 1. The minimum Gasteiger partial charge on any atom is -0.476 e. The van der Waals surface area contributed by atoms with Gasteiger partial charge in [0.05, 0.1) is 17.1 Å². The first-order chi connectivity index (χ1) is 9.74. The Balaban J connectivity index is 2.50. The van der Waals surface area contributed by atoms with E-state index in [-0.39, 0.29) is 16.3 Å². The molecule has 0 aliphatic carbocycles. The summed E-state index contributed by atoms with van der Waals surface area (Å²) in [7, 11) is -2.31. The fourth-order valence-corrected chi connectivity index (χ4v) is 3.50. The summed E-state index contributed by atoms with van der Waals surface area (Å²) in [5.41, 5.74) is 0.344. The third-order valence-corrected chi connectivity index (χ3v) is 4.58. The lowest BCUT2D eigenvalue weighted by atomic mass is 10.3. The second-order valence-corrected chi connectivity index (χ2v) is 6.05. The maximum atomic E-state index is 12.4. The number of rotatable bonds is 4. The molecule has 2 heterocycles. The minimum absolute atomic E-state index is 0.0326. The zero-order valence-electron chi connectivity index (χ0n) is 11.7. The molecule has 0 spiro atoms. The maximum Gasteiger partial charge on any atom is 0.356 e. The Kier molecular flexibility index (Phi) is 3.69. The van der Waals surface area contributed by atoms with Gasteiger partial charge in [0, 0.05) is 13.2 Å². The van der Waals surface area contributed by atoms with Gasteiger partial charge in [0.25, 0.3) is 10.0 Å². The van der Waals surface area contributed by atoms with Gasteiger partial charge in [-0.15, -0.1) is 0 Å². The van der Waals surface area contributed by atoms with E-state index < -0.39 is 16.0 Å². The molecule has 0 amide bonds. The second-order valence-electron chi connectivity index (χ2n) is 4.43. The molecule has 21 heavy (non-hydrogen) atoms. The lowest BCUT2D eigenvalue weighted by Gasteiger charge is -2.10. The molecular weight excluding hydrogens is 296 g/mol. The fourth-order valence-electron chi connectivity index (χ4n) is 2.00. The zero-order chi connectivity index (χ0) is 15.8. The van der Waals surface area contributed by atoms with Gasteiger partial charge in [0.15, 0.2) is 5.69 Å². The Labute approximate surface area is 121 Å². The average Bonchev–Trinajstić information content (AvgIpc) is 2.63. The summed E-state index contributed by atoms with van der Waals surface area (Å²) in [6.45, 7) is 3.19. The number of anilines is 1. The highest BCUT2D eigenvalue weighted by Crippen LogP contribution is 2.23. The Morgan fingerprint density at radius 3 is 2.57 bits per heavy atom. The number of hydrogen-bond donors (Lipinski definition) is 2. The molecule has 0 saturated carbocycles. The monoisotopic (exact) mass is 310 g/mol. The van der Waals surface area contributed by atoms with Crippen molar-refractivity contribution in [3.8, 4) is 0 Å². The van der Waals surface area contributed by atoms with E-state index in [1.807, 2.05) is 0 Å². The Bertz CT molecular complexity index is 811. The molecule has 0 aromatic carbocycles. The Hall–Kier alpha value is -2.42. The van der Waals surface area contributed by atoms with Crippen LogP contribution in [0.5, 0.6) is 0 Å². The molecule has 0 bridgehead atoms. The van der Waals surface area contributed by atoms with Crippen LogP contribution >= 0.6 is 0 Å². The summed E-state index contributed by atoms with van der Waals surface area (Å²) in [6, 6.07) is 2.79.